The minimum atomic E-state index is -0.718. The number of rotatable bonds is 5. The first-order valence-electron chi connectivity index (χ1n) is 6.36. The molecule has 0 radical (unpaired) electrons. The summed E-state index contributed by atoms with van der Waals surface area (Å²) in [6.07, 6.45) is 1.77. The van der Waals surface area contributed by atoms with Gasteiger partial charge < -0.3 is 9.63 Å². The van der Waals surface area contributed by atoms with Gasteiger partial charge in [0, 0.05) is 19.5 Å². The summed E-state index contributed by atoms with van der Waals surface area (Å²) in [5.74, 6) is 0.479. The van der Waals surface area contributed by atoms with Gasteiger partial charge in [0.15, 0.2) is 5.82 Å². The SMILES string of the molecule is CCCc1nc(CN2CC(C)C(C(=O)O)C2)no1. The molecule has 0 aliphatic carbocycles. The molecule has 6 nitrogen and oxygen atoms in total. The second-order valence-corrected chi connectivity index (χ2v) is 4.97. The predicted molar refractivity (Wildman–Crippen MR) is 63.9 cm³/mol. The molecule has 6 heteroatoms. The number of likely N-dealkylation sites (tertiary alicyclic amines) is 1. The van der Waals surface area contributed by atoms with Crippen LogP contribution in [0.1, 0.15) is 32.0 Å². The molecule has 1 N–H and O–H groups in total. The van der Waals surface area contributed by atoms with E-state index in [1.165, 1.54) is 0 Å². The molecular formula is C12H19N3O3. The van der Waals surface area contributed by atoms with Crippen molar-refractivity contribution in [1.29, 1.82) is 0 Å². The Bertz CT molecular complexity index is 418. The number of carbonyl (C=O) groups is 1. The van der Waals surface area contributed by atoms with Crippen LogP contribution >= 0.6 is 0 Å². The van der Waals surface area contributed by atoms with E-state index < -0.39 is 5.97 Å². The van der Waals surface area contributed by atoms with E-state index in [0.29, 0.717) is 24.8 Å². The second kappa shape index (κ2) is 5.48. The number of carboxylic acid groups (broad SMARTS) is 1. The summed E-state index contributed by atoms with van der Waals surface area (Å²) in [6.45, 7) is 5.94. The van der Waals surface area contributed by atoms with E-state index in [4.69, 9.17) is 9.63 Å². The quantitative estimate of drug-likeness (QED) is 0.848. The fourth-order valence-corrected chi connectivity index (χ4v) is 2.39. The van der Waals surface area contributed by atoms with Crippen molar-refractivity contribution in [3.63, 3.8) is 0 Å². The lowest BCUT2D eigenvalue weighted by Gasteiger charge is -2.11. The van der Waals surface area contributed by atoms with Crippen LogP contribution in [0.3, 0.4) is 0 Å². The van der Waals surface area contributed by atoms with Crippen molar-refractivity contribution < 1.29 is 14.4 Å². The number of aromatic nitrogens is 2. The van der Waals surface area contributed by atoms with Crippen molar-refractivity contribution >= 4 is 5.97 Å². The maximum atomic E-state index is 11.0. The van der Waals surface area contributed by atoms with Crippen LogP contribution in [0, 0.1) is 11.8 Å². The van der Waals surface area contributed by atoms with Crippen molar-refractivity contribution in [2.24, 2.45) is 11.8 Å². The lowest BCUT2D eigenvalue weighted by atomic mass is 9.99. The molecule has 1 aliphatic rings. The summed E-state index contributed by atoms with van der Waals surface area (Å²) in [4.78, 5) is 17.4. The molecule has 2 atom stereocenters. The van der Waals surface area contributed by atoms with Crippen molar-refractivity contribution in [2.75, 3.05) is 13.1 Å². The highest BCUT2D eigenvalue weighted by molar-refractivity contribution is 5.71. The van der Waals surface area contributed by atoms with Gasteiger partial charge in [-0.2, -0.15) is 4.98 Å². The number of hydrogen-bond acceptors (Lipinski definition) is 5. The summed E-state index contributed by atoms with van der Waals surface area (Å²) in [5, 5.41) is 13.0. The van der Waals surface area contributed by atoms with Gasteiger partial charge in [-0.3, -0.25) is 9.69 Å². The molecule has 0 spiro atoms. The molecule has 2 heterocycles. The Morgan fingerprint density at radius 1 is 1.56 bits per heavy atom. The molecule has 100 valence electrons. The summed E-state index contributed by atoms with van der Waals surface area (Å²) >= 11 is 0. The monoisotopic (exact) mass is 253 g/mol. The Balaban J connectivity index is 1.92. The first-order valence-corrected chi connectivity index (χ1v) is 6.36. The third-order valence-electron chi connectivity index (χ3n) is 3.34. The van der Waals surface area contributed by atoms with Gasteiger partial charge >= 0.3 is 5.97 Å². The summed E-state index contributed by atoms with van der Waals surface area (Å²) in [6, 6.07) is 0. The number of aliphatic carboxylic acids is 1. The van der Waals surface area contributed by atoms with E-state index in [1.807, 2.05) is 6.92 Å². The summed E-state index contributed by atoms with van der Waals surface area (Å²) in [7, 11) is 0. The first-order chi connectivity index (χ1) is 8.60. The molecule has 0 bridgehead atoms. The Morgan fingerprint density at radius 2 is 2.33 bits per heavy atom. The molecule has 1 saturated heterocycles. The number of nitrogens with zero attached hydrogens (tertiary/aromatic N) is 3. The number of aryl methyl sites for hydroxylation is 1. The van der Waals surface area contributed by atoms with Crippen LogP contribution < -0.4 is 0 Å². The van der Waals surface area contributed by atoms with E-state index in [1.54, 1.807) is 0 Å². The summed E-state index contributed by atoms with van der Waals surface area (Å²) < 4.78 is 5.11. The highest BCUT2D eigenvalue weighted by Crippen LogP contribution is 2.24. The van der Waals surface area contributed by atoms with Crippen LogP contribution in [0.15, 0.2) is 4.52 Å². The van der Waals surface area contributed by atoms with Gasteiger partial charge in [0.05, 0.1) is 12.5 Å². The van der Waals surface area contributed by atoms with Crippen molar-refractivity contribution in [3.05, 3.63) is 11.7 Å². The van der Waals surface area contributed by atoms with Gasteiger partial charge in [0.1, 0.15) is 0 Å². The van der Waals surface area contributed by atoms with Gasteiger partial charge in [0.2, 0.25) is 5.89 Å². The molecular weight excluding hydrogens is 234 g/mol. The Hall–Kier alpha value is -1.43. The Kier molecular flexibility index (Phi) is 3.96. The van der Waals surface area contributed by atoms with Crippen LogP contribution in [0.5, 0.6) is 0 Å². The molecule has 18 heavy (non-hydrogen) atoms. The maximum Gasteiger partial charge on any atom is 0.308 e. The fraction of sp³-hybridized carbons (Fsp3) is 0.750. The zero-order chi connectivity index (χ0) is 13.1. The van der Waals surface area contributed by atoms with Crippen LogP contribution in [0.4, 0.5) is 0 Å². The molecule has 0 aromatic carbocycles. The molecule has 1 aromatic rings. The van der Waals surface area contributed by atoms with Gasteiger partial charge in [-0.25, -0.2) is 0 Å². The molecule has 1 aliphatic heterocycles. The van der Waals surface area contributed by atoms with Gasteiger partial charge in [0.25, 0.3) is 0 Å². The average molecular weight is 253 g/mol. The Labute approximate surface area is 106 Å². The van der Waals surface area contributed by atoms with E-state index in [0.717, 1.165) is 19.4 Å². The standard InChI is InChI=1S/C12H19N3O3/c1-3-4-11-13-10(14-18-11)7-15-5-8(2)9(6-15)12(16)17/h8-9H,3-7H2,1-2H3,(H,16,17). The minimum absolute atomic E-state index is 0.171. The largest absolute Gasteiger partial charge is 0.481 e. The fourth-order valence-electron chi connectivity index (χ4n) is 2.39. The normalized spacial score (nSPS) is 24.6. The predicted octanol–water partition coefficient (Wildman–Crippen LogP) is 1.17. The number of carboxylic acids is 1. The topological polar surface area (TPSA) is 79.5 Å². The second-order valence-electron chi connectivity index (χ2n) is 4.97. The first kappa shape index (κ1) is 13.0. The maximum absolute atomic E-state index is 11.0. The molecule has 1 aromatic heterocycles. The van der Waals surface area contributed by atoms with Crippen LogP contribution in [0.25, 0.3) is 0 Å². The third kappa shape index (κ3) is 2.87. The molecule has 0 amide bonds. The molecule has 0 saturated carbocycles. The zero-order valence-electron chi connectivity index (χ0n) is 10.8. The molecule has 1 fully saturated rings. The lowest BCUT2D eigenvalue weighted by Crippen LogP contribution is -2.23. The lowest BCUT2D eigenvalue weighted by molar-refractivity contribution is -0.142. The molecule has 2 rings (SSSR count). The third-order valence-corrected chi connectivity index (χ3v) is 3.34. The van der Waals surface area contributed by atoms with Gasteiger partial charge in [-0.15, -0.1) is 0 Å². The van der Waals surface area contributed by atoms with E-state index in [9.17, 15) is 4.79 Å². The van der Waals surface area contributed by atoms with Crippen LogP contribution in [-0.2, 0) is 17.8 Å². The highest BCUT2D eigenvalue weighted by Gasteiger charge is 2.35. The zero-order valence-corrected chi connectivity index (χ0v) is 10.8. The van der Waals surface area contributed by atoms with Gasteiger partial charge in [-0.05, 0) is 12.3 Å². The molecule has 2 unspecified atom stereocenters. The van der Waals surface area contributed by atoms with E-state index >= 15 is 0 Å². The summed E-state index contributed by atoms with van der Waals surface area (Å²) in [5.41, 5.74) is 0. The van der Waals surface area contributed by atoms with Crippen molar-refractivity contribution in [3.8, 4) is 0 Å². The minimum Gasteiger partial charge on any atom is -0.481 e. The Morgan fingerprint density at radius 3 is 2.94 bits per heavy atom. The smallest absolute Gasteiger partial charge is 0.308 e. The van der Waals surface area contributed by atoms with E-state index in [-0.39, 0.29) is 11.8 Å². The highest BCUT2D eigenvalue weighted by atomic mass is 16.5. The van der Waals surface area contributed by atoms with Crippen molar-refractivity contribution in [1.82, 2.24) is 15.0 Å². The van der Waals surface area contributed by atoms with E-state index in [2.05, 4.69) is 22.0 Å². The average Bonchev–Trinajstić information content (AvgIpc) is 2.87. The van der Waals surface area contributed by atoms with Crippen molar-refractivity contribution in [2.45, 2.75) is 33.2 Å². The van der Waals surface area contributed by atoms with Crippen LogP contribution in [0.2, 0.25) is 0 Å². The van der Waals surface area contributed by atoms with Crippen LogP contribution in [-0.4, -0.2) is 39.2 Å². The van der Waals surface area contributed by atoms with Gasteiger partial charge in [-0.1, -0.05) is 19.0 Å². The number of hydrogen-bond donors (Lipinski definition) is 1.